The Morgan fingerprint density at radius 3 is 2.54 bits per heavy atom. The van der Waals surface area contributed by atoms with Gasteiger partial charge < -0.3 is 14.6 Å². The van der Waals surface area contributed by atoms with E-state index >= 15 is 0 Å². The average Bonchev–Trinajstić information content (AvgIpc) is 3.04. The normalized spacial score (nSPS) is 19.0. The van der Waals surface area contributed by atoms with E-state index in [4.69, 9.17) is 4.42 Å². The summed E-state index contributed by atoms with van der Waals surface area (Å²) in [6, 6.07) is 10.0. The van der Waals surface area contributed by atoms with Crippen molar-refractivity contribution >= 4 is 5.96 Å². The third kappa shape index (κ3) is 2.79. The van der Waals surface area contributed by atoms with Crippen molar-refractivity contribution in [2.45, 2.75) is 39.8 Å². The fourth-order valence-corrected chi connectivity index (χ4v) is 2.98. The Hall–Kier alpha value is -2.30. The first-order valence-electron chi connectivity index (χ1n) is 8.33. The summed E-state index contributed by atoms with van der Waals surface area (Å²) < 4.78 is 5.84. The fraction of sp³-hybridized carbons (Fsp3) is 0.474. The molecule has 0 atom stereocenters. The van der Waals surface area contributed by atoms with E-state index in [0.29, 0.717) is 12.4 Å². The molecular weight excluding hydrogens is 300 g/mol. The van der Waals surface area contributed by atoms with Gasteiger partial charge in [-0.1, -0.05) is 44.2 Å². The zero-order valence-electron chi connectivity index (χ0n) is 15.1. The van der Waals surface area contributed by atoms with Crippen molar-refractivity contribution in [1.82, 2.24) is 15.2 Å². The summed E-state index contributed by atoms with van der Waals surface area (Å²) in [5.74, 6) is 2.33. The lowest BCUT2D eigenvalue weighted by Gasteiger charge is -2.62. The smallest absolute Gasteiger partial charge is 0.214 e. The van der Waals surface area contributed by atoms with Gasteiger partial charge in [0, 0.05) is 30.1 Å². The van der Waals surface area contributed by atoms with Crippen LogP contribution in [0.3, 0.4) is 0 Å². The van der Waals surface area contributed by atoms with E-state index in [-0.39, 0.29) is 11.0 Å². The Balaban J connectivity index is 1.65. The van der Waals surface area contributed by atoms with E-state index in [1.54, 1.807) is 6.20 Å². The van der Waals surface area contributed by atoms with Gasteiger partial charge >= 0.3 is 0 Å². The molecule has 1 aromatic heterocycles. The molecule has 1 saturated heterocycles. The molecule has 5 heteroatoms. The highest BCUT2D eigenvalue weighted by Gasteiger charge is 2.53. The summed E-state index contributed by atoms with van der Waals surface area (Å²) >= 11 is 0. The quantitative estimate of drug-likeness (QED) is 0.692. The van der Waals surface area contributed by atoms with Crippen LogP contribution in [0, 0.1) is 5.41 Å². The Morgan fingerprint density at radius 1 is 1.25 bits per heavy atom. The SMILES string of the molecule is CN=C(NCc1ncc(-c2ccccc2)o1)N1CC(C)(C)C1(C)C. The molecule has 3 rings (SSSR count). The van der Waals surface area contributed by atoms with Crippen LogP contribution in [0.5, 0.6) is 0 Å². The molecule has 0 unspecified atom stereocenters. The van der Waals surface area contributed by atoms with E-state index in [2.05, 4.69) is 47.9 Å². The van der Waals surface area contributed by atoms with Gasteiger partial charge in [-0.25, -0.2) is 4.98 Å². The average molecular weight is 326 g/mol. The number of nitrogens with zero attached hydrogens (tertiary/aromatic N) is 3. The number of guanidine groups is 1. The number of rotatable bonds is 3. The van der Waals surface area contributed by atoms with Crippen LogP contribution in [-0.4, -0.2) is 35.0 Å². The zero-order valence-corrected chi connectivity index (χ0v) is 15.1. The van der Waals surface area contributed by atoms with Crippen molar-refractivity contribution in [1.29, 1.82) is 0 Å². The van der Waals surface area contributed by atoms with E-state index in [1.165, 1.54) is 0 Å². The lowest BCUT2D eigenvalue weighted by molar-refractivity contribution is -0.0668. The third-order valence-corrected chi connectivity index (χ3v) is 5.36. The topological polar surface area (TPSA) is 53.7 Å². The molecule has 24 heavy (non-hydrogen) atoms. The molecule has 0 spiro atoms. The van der Waals surface area contributed by atoms with Gasteiger partial charge in [-0.15, -0.1) is 0 Å². The van der Waals surface area contributed by atoms with Crippen LogP contribution >= 0.6 is 0 Å². The van der Waals surface area contributed by atoms with Crippen molar-refractivity contribution in [3.63, 3.8) is 0 Å². The highest BCUT2D eigenvalue weighted by molar-refractivity contribution is 5.81. The van der Waals surface area contributed by atoms with E-state index in [0.717, 1.165) is 23.8 Å². The van der Waals surface area contributed by atoms with Crippen LogP contribution in [0.2, 0.25) is 0 Å². The Morgan fingerprint density at radius 2 is 1.96 bits per heavy atom. The number of aliphatic imine (C=N–C) groups is 1. The largest absolute Gasteiger partial charge is 0.439 e. The second-order valence-electron chi connectivity index (χ2n) is 7.41. The summed E-state index contributed by atoms with van der Waals surface area (Å²) in [7, 11) is 1.81. The molecule has 0 radical (unpaired) electrons. The molecule has 1 N–H and O–H groups in total. The Labute approximate surface area is 143 Å². The predicted octanol–water partition coefficient (Wildman–Crippen LogP) is 3.54. The molecule has 5 nitrogen and oxygen atoms in total. The molecule has 0 saturated carbocycles. The minimum atomic E-state index is 0.0701. The Kier molecular flexibility index (Phi) is 4.11. The molecule has 1 aliphatic rings. The van der Waals surface area contributed by atoms with Crippen LogP contribution in [0.25, 0.3) is 11.3 Å². The van der Waals surface area contributed by atoms with Gasteiger partial charge in [-0.2, -0.15) is 0 Å². The van der Waals surface area contributed by atoms with Crippen molar-refractivity contribution in [2.75, 3.05) is 13.6 Å². The van der Waals surface area contributed by atoms with Crippen LogP contribution < -0.4 is 5.32 Å². The second kappa shape index (κ2) is 5.96. The van der Waals surface area contributed by atoms with Crippen molar-refractivity contribution in [2.24, 2.45) is 10.4 Å². The van der Waals surface area contributed by atoms with Crippen molar-refractivity contribution < 1.29 is 4.42 Å². The maximum absolute atomic E-state index is 5.84. The molecule has 1 aliphatic heterocycles. The summed E-state index contributed by atoms with van der Waals surface area (Å²) in [5, 5.41) is 3.37. The Bertz CT molecular complexity index is 731. The van der Waals surface area contributed by atoms with Crippen LogP contribution in [0.15, 0.2) is 45.9 Å². The van der Waals surface area contributed by atoms with Crippen molar-refractivity contribution in [3.8, 4) is 11.3 Å². The van der Waals surface area contributed by atoms with E-state index < -0.39 is 0 Å². The third-order valence-electron chi connectivity index (χ3n) is 5.36. The molecule has 1 aromatic carbocycles. The molecule has 0 amide bonds. The maximum atomic E-state index is 5.84. The maximum Gasteiger partial charge on any atom is 0.214 e. The molecule has 2 heterocycles. The molecule has 0 aliphatic carbocycles. The first-order valence-corrected chi connectivity index (χ1v) is 8.33. The second-order valence-corrected chi connectivity index (χ2v) is 7.41. The van der Waals surface area contributed by atoms with Crippen LogP contribution in [-0.2, 0) is 6.54 Å². The van der Waals surface area contributed by atoms with Gasteiger partial charge in [-0.3, -0.25) is 4.99 Å². The highest BCUT2D eigenvalue weighted by Crippen LogP contribution is 2.46. The predicted molar refractivity (Wildman–Crippen MR) is 96.7 cm³/mol. The number of benzene rings is 1. The zero-order chi connectivity index (χ0) is 17.4. The minimum absolute atomic E-state index is 0.0701. The summed E-state index contributed by atoms with van der Waals surface area (Å²) in [5.41, 5.74) is 1.38. The van der Waals surface area contributed by atoms with Gasteiger partial charge in [0.2, 0.25) is 5.89 Å². The van der Waals surface area contributed by atoms with Crippen molar-refractivity contribution in [3.05, 3.63) is 42.4 Å². The number of aromatic nitrogens is 1. The fourth-order valence-electron chi connectivity index (χ4n) is 2.98. The number of hydrogen-bond acceptors (Lipinski definition) is 3. The van der Waals surface area contributed by atoms with Crippen LogP contribution in [0.4, 0.5) is 0 Å². The van der Waals surface area contributed by atoms with Gasteiger partial charge in [0.05, 0.1) is 12.7 Å². The van der Waals surface area contributed by atoms with Gasteiger partial charge in [0.15, 0.2) is 11.7 Å². The molecule has 1 fully saturated rings. The summed E-state index contributed by atoms with van der Waals surface area (Å²) in [6.45, 7) is 10.6. The monoisotopic (exact) mass is 326 g/mol. The molecule has 128 valence electrons. The lowest BCUT2D eigenvalue weighted by Crippen LogP contribution is -2.72. The standard InChI is InChI=1S/C19H26N4O/c1-18(2)13-23(19(18,3)4)17(20-5)22-12-16-21-11-15(24-16)14-9-7-6-8-10-14/h6-11H,12-13H2,1-5H3,(H,20,22). The summed E-state index contributed by atoms with van der Waals surface area (Å²) in [6.07, 6.45) is 1.77. The molecule has 2 aromatic rings. The summed E-state index contributed by atoms with van der Waals surface area (Å²) in [4.78, 5) is 11.1. The van der Waals surface area contributed by atoms with Gasteiger partial charge in [-0.05, 0) is 13.8 Å². The highest BCUT2D eigenvalue weighted by atomic mass is 16.4. The van der Waals surface area contributed by atoms with Gasteiger partial charge in [0.25, 0.3) is 0 Å². The number of nitrogens with one attached hydrogen (secondary N) is 1. The number of oxazole rings is 1. The van der Waals surface area contributed by atoms with Crippen LogP contribution in [0.1, 0.15) is 33.6 Å². The molecule has 0 bridgehead atoms. The first kappa shape index (κ1) is 16.6. The number of likely N-dealkylation sites (tertiary alicyclic amines) is 1. The number of hydrogen-bond donors (Lipinski definition) is 1. The first-order chi connectivity index (χ1) is 11.3. The van der Waals surface area contributed by atoms with Gasteiger partial charge in [0.1, 0.15) is 0 Å². The minimum Gasteiger partial charge on any atom is -0.439 e. The molecular formula is C19H26N4O. The van der Waals surface area contributed by atoms with E-state index in [1.807, 2.05) is 37.4 Å². The van der Waals surface area contributed by atoms with E-state index in [9.17, 15) is 0 Å². The lowest BCUT2D eigenvalue weighted by atomic mass is 9.65.